The predicted octanol–water partition coefficient (Wildman–Crippen LogP) is 6.98. The molecule has 1 amide bonds. The molecule has 1 aromatic carbocycles. The number of carbonyl (C=O) groups is 1. The number of rotatable bonds is 4. The van der Waals surface area contributed by atoms with Crippen molar-refractivity contribution < 1.29 is 4.79 Å². The third-order valence-electron chi connectivity index (χ3n) is 8.51. The van der Waals surface area contributed by atoms with Gasteiger partial charge in [-0.15, -0.1) is 0 Å². The molecule has 0 bridgehead atoms. The van der Waals surface area contributed by atoms with E-state index >= 15 is 0 Å². The molecule has 5 rings (SSSR count). The lowest BCUT2D eigenvalue weighted by Gasteiger charge is -2.41. The highest BCUT2D eigenvalue weighted by Gasteiger charge is 2.37. The molecule has 0 spiro atoms. The fourth-order valence-corrected chi connectivity index (χ4v) is 6.67. The van der Waals surface area contributed by atoms with Crippen LogP contribution in [-0.2, 0) is 10.2 Å². The Kier molecular flexibility index (Phi) is 6.57. The van der Waals surface area contributed by atoms with E-state index in [2.05, 4.69) is 63.8 Å². The van der Waals surface area contributed by atoms with E-state index in [-0.39, 0.29) is 22.8 Å². The molecule has 1 fully saturated rings. The summed E-state index contributed by atoms with van der Waals surface area (Å²) in [6.07, 6.45) is 8.70. The zero-order chi connectivity index (χ0) is 26.5. The van der Waals surface area contributed by atoms with Crippen LogP contribution in [0, 0.1) is 18.3 Å². The average Bonchev–Trinajstić information content (AvgIpc) is 3.24. The highest BCUT2D eigenvalue weighted by Crippen LogP contribution is 2.44. The topological polar surface area (TPSA) is 53.7 Å². The summed E-state index contributed by atoms with van der Waals surface area (Å²) < 4.78 is 2.03. The molecule has 1 saturated carbocycles. The zero-order valence-corrected chi connectivity index (χ0v) is 23.7. The van der Waals surface area contributed by atoms with Crippen molar-refractivity contribution in [2.24, 2.45) is 11.3 Å². The lowest BCUT2D eigenvalue weighted by molar-refractivity contribution is -0.139. The Hall–Kier alpha value is -2.89. The molecule has 3 heterocycles. The van der Waals surface area contributed by atoms with Crippen LogP contribution in [0.15, 0.2) is 36.5 Å². The second kappa shape index (κ2) is 9.45. The van der Waals surface area contributed by atoms with Gasteiger partial charge in [0.15, 0.2) is 5.65 Å². The van der Waals surface area contributed by atoms with Gasteiger partial charge in [-0.25, -0.2) is 9.50 Å². The van der Waals surface area contributed by atoms with Gasteiger partial charge in [-0.2, -0.15) is 5.10 Å². The van der Waals surface area contributed by atoms with Gasteiger partial charge in [0.2, 0.25) is 5.91 Å². The smallest absolute Gasteiger partial charge is 0.225 e. The van der Waals surface area contributed by atoms with E-state index in [9.17, 15) is 4.79 Å². The third-order valence-corrected chi connectivity index (χ3v) is 8.51. The van der Waals surface area contributed by atoms with Gasteiger partial charge in [0, 0.05) is 36.7 Å². The number of nitrogens with zero attached hydrogens (tertiary/aromatic N) is 5. The molecule has 6 heteroatoms. The van der Waals surface area contributed by atoms with E-state index in [1.54, 1.807) is 0 Å². The average molecular weight is 502 g/mol. The molecular formula is C31H43N5O. The van der Waals surface area contributed by atoms with E-state index in [4.69, 9.17) is 10.1 Å². The summed E-state index contributed by atoms with van der Waals surface area (Å²) >= 11 is 0. The Labute approximate surface area is 222 Å². The van der Waals surface area contributed by atoms with Gasteiger partial charge in [0.05, 0.1) is 29.3 Å². The Bertz CT molecular complexity index is 1280. The Morgan fingerprint density at radius 3 is 2.43 bits per heavy atom. The Morgan fingerprint density at radius 1 is 1.11 bits per heavy atom. The molecule has 0 N–H and O–H groups in total. The number of aromatic nitrogens is 3. The van der Waals surface area contributed by atoms with Crippen molar-refractivity contribution in [1.82, 2.24) is 19.5 Å². The van der Waals surface area contributed by atoms with Gasteiger partial charge < -0.3 is 9.80 Å². The minimum Gasteiger partial charge on any atom is -0.339 e. The maximum Gasteiger partial charge on any atom is 0.225 e. The molecule has 1 atom stereocenters. The van der Waals surface area contributed by atoms with Crippen LogP contribution in [0.5, 0.6) is 0 Å². The summed E-state index contributed by atoms with van der Waals surface area (Å²) in [4.78, 5) is 22.6. The van der Waals surface area contributed by atoms with Gasteiger partial charge in [0.1, 0.15) is 0 Å². The maximum atomic E-state index is 13.5. The molecule has 198 valence electrons. The molecule has 2 aromatic heterocycles. The Balaban J connectivity index is 1.47. The zero-order valence-electron chi connectivity index (χ0n) is 23.7. The molecule has 0 radical (unpaired) electrons. The molecule has 3 aromatic rings. The van der Waals surface area contributed by atoms with Gasteiger partial charge in [-0.05, 0) is 49.3 Å². The minimum atomic E-state index is -0.0736. The number of benzene rings is 1. The van der Waals surface area contributed by atoms with Crippen molar-refractivity contribution in [2.45, 2.75) is 91.5 Å². The molecule has 6 nitrogen and oxygen atoms in total. The van der Waals surface area contributed by atoms with Crippen LogP contribution < -0.4 is 4.90 Å². The number of fused-ring (bicyclic) bond motifs is 3. The third kappa shape index (κ3) is 4.75. The van der Waals surface area contributed by atoms with Crippen LogP contribution in [0.2, 0.25) is 0 Å². The highest BCUT2D eigenvalue weighted by atomic mass is 16.2. The summed E-state index contributed by atoms with van der Waals surface area (Å²) in [5, 5.41) is 4.78. The van der Waals surface area contributed by atoms with Crippen LogP contribution in [0.4, 0.5) is 11.4 Å². The molecule has 37 heavy (non-hydrogen) atoms. The standard InChI is InChI=1S/C31H43N5O/c1-21-19-26-32-20-25-28(36(26)33-21)31(5,6)17-18-35(25)24-15-13-22(14-16-24)27(30(2,3)4)34(7)29(37)23-11-9-8-10-12-23/h13-16,19-20,23,27H,8-12,17-18H2,1-7H3/t27-/m0/s1. The first-order chi connectivity index (χ1) is 17.5. The number of amides is 1. The van der Waals surface area contributed by atoms with E-state index in [1.165, 1.54) is 30.5 Å². The van der Waals surface area contributed by atoms with Gasteiger partial charge >= 0.3 is 0 Å². The number of hydrogen-bond acceptors (Lipinski definition) is 4. The first kappa shape index (κ1) is 25.7. The predicted molar refractivity (Wildman–Crippen MR) is 150 cm³/mol. The van der Waals surface area contributed by atoms with E-state index < -0.39 is 0 Å². The minimum absolute atomic E-state index is 0.00491. The monoisotopic (exact) mass is 501 g/mol. The summed E-state index contributed by atoms with van der Waals surface area (Å²) in [5.74, 6) is 0.479. The fourth-order valence-electron chi connectivity index (χ4n) is 6.67. The van der Waals surface area contributed by atoms with Crippen molar-refractivity contribution in [2.75, 3.05) is 18.5 Å². The second-order valence-corrected chi connectivity index (χ2v) is 13.0. The number of hydrogen-bond donors (Lipinski definition) is 0. The fraction of sp³-hybridized carbons (Fsp3) is 0.581. The van der Waals surface area contributed by atoms with Crippen molar-refractivity contribution >= 4 is 22.9 Å². The molecule has 1 aliphatic heterocycles. The number of anilines is 2. The summed E-state index contributed by atoms with van der Waals surface area (Å²) in [7, 11) is 2.01. The quantitative estimate of drug-likeness (QED) is 0.387. The van der Waals surface area contributed by atoms with Crippen molar-refractivity contribution in [1.29, 1.82) is 0 Å². The SMILES string of the molecule is Cc1cc2ncc3c(n2n1)C(C)(C)CCN3c1ccc([C@H](N(C)C(=O)C2CCCCC2)C(C)(C)C)cc1. The molecule has 2 aliphatic rings. The van der Waals surface area contributed by atoms with Crippen molar-refractivity contribution in [3.63, 3.8) is 0 Å². The number of carbonyl (C=O) groups excluding carboxylic acids is 1. The first-order valence-electron chi connectivity index (χ1n) is 14.0. The maximum absolute atomic E-state index is 13.5. The summed E-state index contributed by atoms with van der Waals surface area (Å²) in [6.45, 7) is 14.3. The van der Waals surface area contributed by atoms with Gasteiger partial charge in [-0.3, -0.25) is 4.79 Å². The lowest BCUT2D eigenvalue weighted by atomic mass is 9.79. The van der Waals surface area contributed by atoms with Crippen molar-refractivity contribution in [3.8, 4) is 0 Å². The normalized spacial score (nSPS) is 19.1. The van der Waals surface area contributed by atoms with E-state index in [0.717, 1.165) is 48.5 Å². The lowest BCUT2D eigenvalue weighted by Crippen LogP contribution is -2.42. The Morgan fingerprint density at radius 2 is 1.78 bits per heavy atom. The van der Waals surface area contributed by atoms with Gasteiger partial charge in [-0.1, -0.05) is 66.0 Å². The van der Waals surface area contributed by atoms with Crippen LogP contribution in [0.3, 0.4) is 0 Å². The summed E-state index contributed by atoms with van der Waals surface area (Å²) in [5.41, 5.74) is 6.50. The van der Waals surface area contributed by atoms with E-state index in [1.807, 2.05) is 35.6 Å². The van der Waals surface area contributed by atoms with E-state index in [0.29, 0.717) is 5.91 Å². The number of aryl methyl sites for hydroxylation is 1. The molecule has 0 unspecified atom stereocenters. The molecule has 1 aliphatic carbocycles. The molecular weight excluding hydrogens is 458 g/mol. The largest absolute Gasteiger partial charge is 0.339 e. The second-order valence-electron chi connectivity index (χ2n) is 13.0. The van der Waals surface area contributed by atoms with Crippen LogP contribution >= 0.6 is 0 Å². The molecule has 0 saturated heterocycles. The van der Waals surface area contributed by atoms with Crippen LogP contribution in [0.25, 0.3) is 5.65 Å². The van der Waals surface area contributed by atoms with Crippen molar-refractivity contribution in [3.05, 3.63) is 53.5 Å². The van der Waals surface area contributed by atoms with Crippen LogP contribution in [-0.4, -0.2) is 39.0 Å². The van der Waals surface area contributed by atoms with Crippen LogP contribution in [0.1, 0.15) is 96.1 Å². The first-order valence-corrected chi connectivity index (χ1v) is 14.0. The summed E-state index contributed by atoms with van der Waals surface area (Å²) in [6, 6.07) is 10.9. The highest BCUT2D eigenvalue weighted by molar-refractivity contribution is 5.79. The van der Waals surface area contributed by atoms with Gasteiger partial charge in [0.25, 0.3) is 0 Å².